The highest BCUT2D eigenvalue weighted by molar-refractivity contribution is 7.99. The predicted molar refractivity (Wildman–Crippen MR) is 165 cm³/mol. The second kappa shape index (κ2) is 13.0. The number of rotatable bonds is 11. The lowest BCUT2D eigenvalue weighted by Gasteiger charge is -2.21. The number of benzene rings is 3. The number of nitrogens with zero attached hydrogens (tertiary/aromatic N) is 1. The molecule has 0 saturated heterocycles. The molecule has 7 heteroatoms. The molecule has 4 nitrogen and oxygen atoms in total. The van der Waals surface area contributed by atoms with Crippen LogP contribution in [0.5, 0.6) is 0 Å². The van der Waals surface area contributed by atoms with E-state index >= 15 is 0 Å². The number of hydrogen-bond acceptors (Lipinski definition) is 4. The van der Waals surface area contributed by atoms with Crippen molar-refractivity contribution in [2.24, 2.45) is 0 Å². The van der Waals surface area contributed by atoms with Crippen LogP contribution in [0.3, 0.4) is 0 Å². The molecule has 0 aliphatic carbocycles. The fourth-order valence-electron chi connectivity index (χ4n) is 4.29. The Morgan fingerprint density at radius 1 is 1.00 bits per heavy atom. The van der Waals surface area contributed by atoms with Crippen molar-refractivity contribution in [3.05, 3.63) is 111 Å². The first-order valence-corrected chi connectivity index (χ1v) is 14.6. The molecule has 4 aromatic rings. The smallest absolute Gasteiger partial charge is 0.336 e. The fourth-order valence-corrected chi connectivity index (χ4v) is 6.16. The van der Waals surface area contributed by atoms with Gasteiger partial charge in [-0.05, 0) is 92.0 Å². The molecule has 0 aliphatic rings. The van der Waals surface area contributed by atoms with Crippen molar-refractivity contribution >= 4 is 64.0 Å². The highest BCUT2D eigenvalue weighted by atomic mass is 35.5. The SMILES string of the molecule is CC(C)(O)CCS[C@@H](CCc1ccc(Cl)cc1C(=O)O)c1cccc(C=Cc2ccc3ccc(Cl)cc3n2)c1. The second-order valence-corrected chi connectivity index (χ2v) is 12.3. The summed E-state index contributed by atoms with van der Waals surface area (Å²) in [4.78, 5) is 16.5. The van der Waals surface area contributed by atoms with Gasteiger partial charge in [-0.1, -0.05) is 71.7 Å². The lowest BCUT2D eigenvalue weighted by atomic mass is 9.98. The van der Waals surface area contributed by atoms with Crippen LogP contribution in [0.4, 0.5) is 0 Å². The van der Waals surface area contributed by atoms with Crippen LogP contribution in [0.25, 0.3) is 23.1 Å². The Hall–Kier alpha value is -2.83. The van der Waals surface area contributed by atoms with E-state index < -0.39 is 11.6 Å². The summed E-state index contributed by atoms with van der Waals surface area (Å²) in [7, 11) is 0. The summed E-state index contributed by atoms with van der Waals surface area (Å²) < 4.78 is 0. The lowest BCUT2D eigenvalue weighted by molar-refractivity contribution is 0.0694. The highest BCUT2D eigenvalue weighted by Gasteiger charge is 2.19. The van der Waals surface area contributed by atoms with E-state index in [1.807, 2.05) is 62.4 Å². The molecule has 4 rings (SSSR count). The van der Waals surface area contributed by atoms with Crippen LogP contribution in [-0.2, 0) is 6.42 Å². The van der Waals surface area contributed by atoms with Crippen LogP contribution in [0.15, 0.2) is 72.8 Å². The Balaban J connectivity index is 1.55. The number of aromatic nitrogens is 1. The minimum Gasteiger partial charge on any atom is -0.478 e. The fraction of sp³-hybridized carbons (Fsp3) is 0.250. The van der Waals surface area contributed by atoms with E-state index in [0.717, 1.165) is 45.5 Å². The maximum Gasteiger partial charge on any atom is 0.336 e. The summed E-state index contributed by atoms with van der Waals surface area (Å²) in [5.74, 6) is -0.194. The van der Waals surface area contributed by atoms with Crippen molar-refractivity contribution in [3.63, 3.8) is 0 Å². The molecule has 0 fully saturated rings. The van der Waals surface area contributed by atoms with Crippen LogP contribution in [0.1, 0.15) is 64.7 Å². The zero-order chi connectivity index (χ0) is 28.0. The Labute approximate surface area is 243 Å². The number of carbonyl (C=O) groups is 1. The van der Waals surface area contributed by atoms with Crippen LogP contribution >= 0.6 is 35.0 Å². The van der Waals surface area contributed by atoms with Crippen molar-refractivity contribution in [1.29, 1.82) is 0 Å². The van der Waals surface area contributed by atoms with E-state index in [-0.39, 0.29) is 10.8 Å². The number of hydrogen-bond donors (Lipinski definition) is 2. The average molecular weight is 581 g/mol. The monoisotopic (exact) mass is 579 g/mol. The minimum absolute atomic E-state index is 0.124. The number of fused-ring (bicyclic) bond motifs is 1. The summed E-state index contributed by atoms with van der Waals surface area (Å²) in [6, 6.07) is 23.1. The third-order valence-corrected chi connectivity index (χ3v) is 8.24. The number of aliphatic hydroxyl groups is 1. The Bertz CT molecular complexity index is 1500. The quantitative estimate of drug-likeness (QED) is 0.185. The van der Waals surface area contributed by atoms with E-state index in [4.69, 9.17) is 28.2 Å². The van der Waals surface area contributed by atoms with Gasteiger partial charge in [0.25, 0.3) is 0 Å². The average Bonchev–Trinajstić information content (AvgIpc) is 2.89. The van der Waals surface area contributed by atoms with Gasteiger partial charge in [0.2, 0.25) is 0 Å². The zero-order valence-electron chi connectivity index (χ0n) is 21.9. The van der Waals surface area contributed by atoms with Gasteiger partial charge in [-0.25, -0.2) is 9.78 Å². The molecule has 3 aromatic carbocycles. The predicted octanol–water partition coefficient (Wildman–Crippen LogP) is 8.98. The highest BCUT2D eigenvalue weighted by Crippen LogP contribution is 2.36. The van der Waals surface area contributed by atoms with Gasteiger partial charge in [0.05, 0.1) is 22.4 Å². The lowest BCUT2D eigenvalue weighted by Crippen LogP contribution is -2.19. The van der Waals surface area contributed by atoms with E-state index in [2.05, 4.69) is 18.2 Å². The molecule has 39 heavy (non-hydrogen) atoms. The van der Waals surface area contributed by atoms with Crippen LogP contribution < -0.4 is 0 Å². The topological polar surface area (TPSA) is 70.4 Å². The van der Waals surface area contributed by atoms with Crippen molar-refractivity contribution in [3.8, 4) is 0 Å². The third kappa shape index (κ3) is 8.58. The third-order valence-electron chi connectivity index (χ3n) is 6.42. The van der Waals surface area contributed by atoms with E-state index in [1.54, 1.807) is 23.9 Å². The number of carboxylic acid groups (broad SMARTS) is 1. The van der Waals surface area contributed by atoms with Gasteiger partial charge < -0.3 is 10.2 Å². The van der Waals surface area contributed by atoms with Crippen molar-refractivity contribution in [1.82, 2.24) is 4.98 Å². The van der Waals surface area contributed by atoms with Gasteiger partial charge in [-0.3, -0.25) is 0 Å². The van der Waals surface area contributed by atoms with Gasteiger partial charge in [-0.15, -0.1) is 0 Å². The molecule has 0 amide bonds. The van der Waals surface area contributed by atoms with Crippen LogP contribution in [-0.4, -0.2) is 32.5 Å². The van der Waals surface area contributed by atoms with Gasteiger partial charge >= 0.3 is 5.97 Å². The first-order chi connectivity index (χ1) is 18.6. The molecule has 0 spiro atoms. The first-order valence-electron chi connectivity index (χ1n) is 12.8. The number of thioether (sulfide) groups is 1. The molecule has 0 aliphatic heterocycles. The van der Waals surface area contributed by atoms with Crippen molar-refractivity contribution < 1.29 is 15.0 Å². The molecule has 202 valence electrons. The normalized spacial score (nSPS) is 12.7. The molecule has 0 radical (unpaired) electrons. The number of pyridine rings is 1. The maximum atomic E-state index is 11.8. The largest absolute Gasteiger partial charge is 0.478 e. The maximum absolute atomic E-state index is 11.8. The number of aromatic carboxylic acids is 1. The molecule has 1 atom stereocenters. The number of carboxylic acids is 1. The Kier molecular flexibility index (Phi) is 9.73. The molecule has 2 N–H and O–H groups in total. The van der Waals surface area contributed by atoms with Crippen molar-refractivity contribution in [2.75, 3.05) is 5.75 Å². The van der Waals surface area contributed by atoms with Gasteiger partial charge in [-0.2, -0.15) is 11.8 Å². The van der Waals surface area contributed by atoms with Crippen molar-refractivity contribution in [2.45, 2.75) is 44.0 Å². The number of halogens is 2. The van der Waals surface area contributed by atoms with Crippen LogP contribution in [0.2, 0.25) is 10.0 Å². The summed E-state index contributed by atoms with van der Waals surface area (Å²) in [5.41, 5.74) is 4.15. The summed E-state index contributed by atoms with van der Waals surface area (Å²) in [6.07, 6.45) is 6.04. The summed E-state index contributed by atoms with van der Waals surface area (Å²) in [6.45, 7) is 3.63. The second-order valence-electron chi connectivity index (χ2n) is 10.1. The van der Waals surface area contributed by atoms with Gasteiger partial charge in [0.15, 0.2) is 0 Å². The van der Waals surface area contributed by atoms with Crippen LogP contribution in [0, 0.1) is 0 Å². The molecule has 1 aromatic heterocycles. The van der Waals surface area contributed by atoms with E-state index in [9.17, 15) is 15.0 Å². The summed E-state index contributed by atoms with van der Waals surface area (Å²) in [5, 5.41) is 22.1. The Morgan fingerprint density at radius 3 is 2.51 bits per heavy atom. The van der Waals surface area contributed by atoms with Gasteiger partial charge in [0.1, 0.15) is 0 Å². The zero-order valence-corrected chi connectivity index (χ0v) is 24.2. The molecule has 0 bridgehead atoms. The minimum atomic E-state index is -0.976. The Morgan fingerprint density at radius 2 is 1.74 bits per heavy atom. The first kappa shape index (κ1) is 29.2. The summed E-state index contributed by atoms with van der Waals surface area (Å²) >= 11 is 14.0. The van der Waals surface area contributed by atoms with Gasteiger partial charge in [0, 0.05) is 20.7 Å². The van der Waals surface area contributed by atoms with E-state index in [0.29, 0.717) is 22.9 Å². The standard InChI is InChI=1S/C32H31Cl2NO3S/c1-32(2,38)16-17-39-30(15-10-22-7-11-25(33)19-28(22)31(36)37)24-5-3-4-21(18-24)6-13-27-14-9-23-8-12-26(34)20-29(23)35-27/h3-9,11-14,18-20,30,38H,10,15-17H2,1-2H3,(H,36,37)/t30-/m0/s1. The molecule has 0 saturated carbocycles. The molecular weight excluding hydrogens is 549 g/mol. The molecule has 1 heterocycles. The molecule has 0 unspecified atom stereocenters. The molecular formula is C32H31Cl2NO3S. The van der Waals surface area contributed by atoms with E-state index in [1.165, 1.54) is 6.07 Å². The number of aryl methyl sites for hydroxylation is 1.